The summed E-state index contributed by atoms with van der Waals surface area (Å²) in [6.07, 6.45) is 5.92. The number of ether oxygens (including phenoxy) is 1. The number of amidine groups is 1. The van der Waals surface area contributed by atoms with Gasteiger partial charge in [-0.1, -0.05) is 39.2 Å². The molecule has 0 atom stereocenters. The van der Waals surface area contributed by atoms with Gasteiger partial charge in [0.05, 0.1) is 24.2 Å². The average Bonchev–Trinajstić information content (AvgIpc) is 3.33. The van der Waals surface area contributed by atoms with Crippen LogP contribution in [0.25, 0.3) is 11.0 Å². The molecule has 10 nitrogen and oxygen atoms in total. The summed E-state index contributed by atoms with van der Waals surface area (Å²) in [6, 6.07) is 18.5. The van der Waals surface area contributed by atoms with Crippen molar-refractivity contribution in [3.63, 3.8) is 0 Å². The molecule has 4 aromatic rings. The Labute approximate surface area is 246 Å². The maximum absolute atomic E-state index is 13.4. The van der Waals surface area contributed by atoms with Crippen molar-refractivity contribution in [3.8, 4) is 0 Å². The molecular formula is C32H39N7O3. The molecule has 2 heterocycles. The number of nitrogens with two attached hydrogens (primary N) is 1. The van der Waals surface area contributed by atoms with E-state index in [1.807, 2.05) is 67.1 Å². The van der Waals surface area contributed by atoms with Crippen LogP contribution in [0.1, 0.15) is 67.7 Å². The van der Waals surface area contributed by atoms with E-state index in [0.29, 0.717) is 36.6 Å². The summed E-state index contributed by atoms with van der Waals surface area (Å²) in [5.41, 5.74) is 9.74. The van der Waals surface area contributed by atoms with Gasteiger partial charge in [-0.15, -0.1) is 0 Å². The highest BCUT2D eigenvalue weighted by molar-refractivity contribution is 6.07. The Kier molecular flexibility index (Phi) is 10.6. The van der Waals surface area contributed by atoms with Gasteiger partial charge in [0.25, 0.3) is 5.91 Å². The predicted octanol–water partition coefficient (Wildman–Crippen LogP) is 6.06. The van der Waals surface area contributed by atoms with Gasteiger partial charge < -0.3 is 20.4 Å². The van der Waals surface area contributed by atoms with E-state index in [0.717, 1.165) is 54.6 Å². The Morgan fingerprint density at radius 1 is 1.00 bits per heavy atom. The molecule has 0 saturated heterocycles. The molecule has 220 valence electrons. The van der Waals surface area contributed by atoms with E-state index in [9.17, 15) is 9.59 Å². The number of anilines is 2. The summed E-state index contributed by atoms with van der Waals surface area (Å²) in [5.74, 6) is 1.45. The lowest BCUT2D eigenvalue weighted by Crippen LogP contribution is -2.32. The van der Waals surface area contributed by atoms with Gasteiger partial charge in [0, 0.05) is 36.6 Å². The molecule has 4 rings (SSSR count). The van der Waals surface area contributed by atoms with Gasteiger partial charge in [-0.2, -0.15) is 4.99 Å². The van der Waals surface area contributed by atoms with Crippen LogP contribution in [0, 0.1) is 0 Å². The first kappa shape index (κ1) is 30.2. The first-order chi connectivity index (χ1) is 20.4. The van der Waals surface area contributed by atoms with Crippen LogP contribution in [0.15, 0.2) is 71.9 Å². The van der Waals surface area contributed by atoms with Gasteiger partial charge in [-0.05, 0) is 67.4 Å². The molecule has 0 spiro atoms. The summed E-state index contributed by atoms with van der Waals surface area (Å²) in [5, 5.41) is 3.37. The number of hydrogen-bond acceptors (Lipinski definition) is 6. The molecule has 0 fully saturated rings. The summed E-state index contributed by atoms with van der Waals surface area (Å²) >= 11 is 0. The van der Waals surface area contributed by atoms with Crippen molar-refractivity contribution < 1.29 is 14.3 Å². The van der Waals surface area contributed by atoms with Crippen molar-refractivity contribution in [1.82, 2.24) is 14.5 Å². The van der Waals surface area contributed by atoms with Gasteiger partial charge in [-0.25, -0.2) is 14.8 Å². The van der Waals surface area contributed by atoms with Crippen LogP contribution in [-0.2, 0) is 18.3 Å². The number of unbranched alkanes of at least 4 members (excludes halogenated alkanes) is 3. The summed E-state index contributed by atoms with van der Waals surface area (Å²) in [4.78, 5) is 40.0. The molecule has 0 unspecified atom stereocenters. The zero-order valence-electron chi connectivity index (χ0n) is 24.5. The molecule has 2 aromatic carbocycles. The monoisotopic (exact) mass is 569 g/mol. The molecule has 0 radical (unpaired) electrons. The summed E-state index contributed by atoms with van der Waals surface area (Å²) < 4.78 is 7.15. The lowest BCUT2D eigenvalue weighted by molar-refractivity contribution is 0.0986. The fourth-order valence-electron chi connectivity index (χ4n) is 4.58. The van der Waals surface area contributed by atoms with Crippen LogP contribution in [0.4, 0.5) is 16.3 Å². The van der Waals surface area contributed by atoms with Crippen molar-refractivity contribution in [1.29, 1.82) is 0 Å². The second kappa shape index (κ2) is 14.8. The largest absolute Gasteiger partial charge is 0.448 e. The van der Waals surface area contributed by atoms with Gasteiger partial charge in [-0.3, -0.25) is 9.69 Å². The van der Waals surface area contributed by atoms with Crippen molar-refractivity contribution in [2.24, 2.45) is 17.8 Å². The van der Waals surface area contributed by atoms with E-state index >= 15 is 0 Å². The number of hydrogen-bond donors (Lipinski definition) is 2. The highest BCUT2D eigenvalue weighted by atomic mass is 16.5. The number of benzene rings is 2. The molecule has 3 N–H and O–H groups in total. The van der Waals surface area contributed by atoms with E-state index in [2.05, 4.69) is 22.2 Å². The fourth-order valence-corrected chi connectivity index (χ4v) is 4.58. The van der Waals surface area contributed by atoms with Crippen LogP contribution in [0.2, 0.25) is 0 Å². The molecule has 0 aliphatic heterocycles. The van der Waals surface area contributed by atoms with E-state index < -0.39 is 6.09 Å². The molecule has 0 saturated carbocycles. The quantitative estimate of drug-likeness (QED) is 0.114. The number of fused-ring (bicyclic) bond motifs is 1. The van der Waals surface area contributed by atoms with Crippen molar-refractivity contribution in [2.75, 3.05) is 23.4 Å². The van der Waals surface area contributed by atoms with Gasteiger partial charge in [0.1, 0.15) is 17.5 Å². The minimum Gasteiger partial charge on any atom is -0.448 e. The lowest BCUT2D eigenvalue weighted by Gasteiger charge is -2.21. The highest BCUT2D eigenvalue weighted by Gasteiger charge is 2.19. The third-order valence-electron chi connectivity index (χ3n) is 6.91. The number of aliphatic imine (C=N–C) groups is 1. The molecular weight excluding hydrogens is 530 g/mol. The highest BCUT2D eigenvalue weighted by Crippen LogP contribution is 2.21. The molecule has 42 heavy (non-hydrogen) atoms. The summed E-state index contributed by atoms with van der Waals surface area (Å²) in [7, 11) is 1.95. The van der Waals surface area contributed by atoms with Gasteiger partial charge >= 0.3 is 6.09 Å². The van der Waals surface area contributed by atoms with E-state index in [1.165, 1.54) is 0 Å². The van der Waals surface area contributed by atoms with E-state index in [4.69, 9.17) is 15.5 Å². The number of carbonyl (C=O) groups is 2. The SMILES string of the molecule is CCCCCCOC(=O)/N=C(\N)c1ccc(NCc2nc3cc(C(=O)N(CCC)c4ccccn4)ccc3n2C)cc1. The molecule has 0 aliphatic rings. The lowest BCUT2D eigenvalue weighted by atomic mass is 10.1. The first-order valence-corrected chi connectivity index (χ1v) is 14.4. The number of nitrogens with zero attached hydrogens (tertiary/aromatic N) is 5. The Morgan fingerprint density at radius 3 is 2.50 bits per heavy atom. The second-order valence-corrected chi connectivity index (χ2v) is 10.0. The number of aromatic nitrogens is 3. The molecule has 2 aromatic heterocycles. The molecule has 0 bridgehead atoms. The van der Waals surface area contributed by atoms with Crippen LogP contribution < -0.4 is 16.0 Å². The van der Waals surface area contributed by atoms with E-state index in [-0.39, 0.29) is 11.7 Å². The third-order valence-corrected chi connectivity index (χ3v) is 6.91. The molecule has 10 heteroatoms. The first-order valence-electron chi connectivity index (χ1n) is 14.4. The molecule has 0 aliphatic carbocycles. The van der Waals surface area contributed by atoms with Crippen molar-refractivity contribution >= 4 is 40.4 Å². The zero-order chi connectivity index (χ0) is 29.9. The zero-order valence-corrected chi connectivity index (χ0v) is 24.5. The number of imidazole rings is 1. The van der Waals surface area contributed by atoms with E-state index in [1.54, 1.807) is 23.2 Å². The van der Waals surface area contributed by atoms with Crippen LogP contribution in [0.5, 0.6) is 0 Å². The number of amides is 2. The number of aryl methyl sites for hydroxylation is 1. The van der Waals surface area contributed by atoms with Crippen LogP contribution in [-0.4, -0.2) is 45.5 Å². The maximum Gasteiger partial charge on any atom is 0.435 e. The topological polar surface area (TPSA) is 128 Å². The van der Waals surface area contributed by atoms with Gasteiger partial charge in [0.15, 0.2) is 0 Å². The smallest absolute Gasteiger partial charge is 0.435 e. The van der Waals surface area contributed by atoms with Crippen LogP contribution >= 0.6 is 0 Å². The van der Waals surface area contributed by atoms with Crippen LogP contribution in [0.3, 0.4) is 0 Å². The standard InChI is InChI=1S/C32H39N7O3/c1-4-6-7-10-20-42-32(41)37-30(33)23-12-15-25(16-13-23)35-22-29-36-26-21-24(14-17-27(26)38(29)3)31(40)39(19-5-2)28-11-8-9-18-34-28/h8-9,11-18,21,35H,4-7,10,19-20,22H2,1-3H3,(H2,33,37,41). The number of carbonyl (C=O) groups excluding carboxylic acids is 2. The minimum absolute atomic E-state index is 0.106. The third kappa shape index (κ3) is 7.72. The summed E-state index contributed by atoms with van der Waals surface area (Å²) in [6.45, 7) is 5.56. The Morgan fingerprint density at radius 2 is 1.79 bits per heavy atom. The average molecular weight is 570 g/mol. The molecule has 2 amide bonds. The maximum atomic E-state index is 13.4. The number of rotatable bonds is 13. The normalized spacial score (nSPS) is 11.5. The predicted molar refractivity (Wildman–Crippen MR) is 167 cm³/mol. The minimum atomic E-state index is -0.673. The Bertz CT molecular complexity index is 1510. The Hall–Kier alpha value is -4.73. The van der Waals surface area contributed by atoms with Crippen molar-refractivity contribution in [2.45, 2.75) is 52.5 Å². The second-order valence-electron chi connectivity index (χ2n) is 10.0. The number of nitrogens with one attached hydrogen (secondary N) is 1. The number of pyridine rings is 1. The van der Waals surface area contributed by atoms with Gasteiger partial charge in [0.2, 0.25) is 0 Å². The van der Waals surface area contributed by atoms with Crippen molar-refractivity contribution in [3.05, 3.63) is 83.8 Å². The Balaban J connectivity index is 1.39. The fraction of sp³-hybridized carbons (Fsp3) is 0.344.